The Bertz CT molecular complexity index is 215. The number of hydrogen-bond acceptors (Lipinski definition) is 4. The van der Waals surface area contributed by atoms with Gasteiger partial charge in [0.15, 0.2) is 0 Å². The van der Waals surface area contributed by atoms with Crippen LogP contribution in [0.4, 0.5) is 0 Å². The molecule has 0 radical (unpaired) electrons. The fraction of sp³-hybridized carbons (Fsp3) is 0.375. The van der Waals surface area contributed by atoms with Crippen molar-refractivity contribution < 1.29 is 9.57 Å². The van der Waals surface area contributed by atoms with E-state index in [1.165, 1.54) is 0 Å². The standard InChI is InChI=1S/C8H12N2O2/c1-11-5-8-4-10-3-2-7(8)6-12-9/h2-4H,5-6,9H2,1H3. The van der Waals surface area contributed by atoms with Crippen LogP contribution < -0.4 is 5.90 Å². The molecule has 1 aromatic rings. The molecule has 2 N–H and O–H groups in total. The van der Waals surface area contributed by atoms with E-state index < -0.39 is 0 Å². The molecule has 0 amide bonds. The van der Waals surface area contributed by atoms with Crippen molar-refractivity contribution in [2.75, 3.05) is 7.11 Å². The van der Waals surface area contributed by atoms with Gasteiger partial charge in [0.2, 0.25) is 0 Å². The molecule has 66 valence electrons. The Hall–Kier alpha value is -0.970. The maximum Gasteiger partial charge on any atom is 0.0934 e. The van der Waals surface area contributed by atoms with Gasteiger partial charge < -0.3 is 4.74 Å². The van der Waals surface area contributed by atoms with E-state index in [1.54, 1.807) is 19.5 Å². The summed E-state index contributed by atoms with van der Waals surface area (Å²) >= 11 is 0. The number of rotatable bonds is 4. The number of nitrogens with two attached hydrogens (primary N) is 1. The highest BCUT2D eigenvalue weighted by molar-refractivity contribution is 5.21. The van der Waals surface area contributed by atoms with E-state index >= 15 is 0 Å². The van der Waals surface area contributed by atoms with Crippen molar-refractivity contribution in [3.63, 3.8) is 0 Å². The van der Waals surface area contributed by atoms with Crippen LogP contribution in [0.3, 0.4) is 0 Å². The van der Waals surface area contributed by atoms with Crippen LogP contribution >= 0.6 is 0 Å². The minimum Gasteiger partial charge on any atom is -0.380 e. The molecule has 0 aromatic carbocycles. The fourth-order valence-corrected chi connectivity index (χ4v) is 0.972. The van der Waals surface area contributed by atoms with Crippen LogP contribution in [0, 0.1) is 0 Å². The van der Waals surface area contributed by atoms with Gasteiger partial charge in [-0.3, -0.25) is 9.82 Å². The van der Waals surface area contributed by atoms with Crippen molar-refractivity contribution >= 4 is 0 Å². The summed E-state index contributed by atoms with van der Waals surface area (Å²) in [5, 5.41) is 0. The first-order valence-corrected chi connectivity index (χ1v) is 3.61. The second-order valence-corrected chi connectivity index (χ2v) is 2.39. The van der Waals surface area contributed by atoms with Gasteiger partial charge in [0.1, 0.15) is 0 Å². The summed E-state index contributed by atoms with van der Waals surface area (Å²) in [6.45, 7) is 0.924. The number of nitrogens with zero attached hydrogens (tertiary/aromatic N) is 1. The molecule has 0 fully saturated rings. The molecule has 4 heteroatoms. The SMILES string of the molecule is COCc1cnccc1CON. The monoisotopic (exact) mass is 168 g/mol. The highest BCUT2D eigenvalue weighted by atomic mass is 16.6. The molecule has 4 nitrogen and oxygen atoms in total. The van der Waals surface area contributed by atoms with Crippen molar-refractivity contribution in [3.05, 3.63) is 29.6 Å². The molecule has 0 aliphatic heterocycles. The average molecular weight is 168 g/mol. The molecule has 0 atom stereocenters. The van der Waals surface area contributed by atoms with Crippen molar-refractivity contribution in [2.24, 2.45) is 5.90 Å². The molecule has 12 heavy (non-hydrogen) atoms. The molecule has 0 saturated heterocycles. The van der Waals surface area contributed by atoms with Gasteiger partial charge in [-0.05, 0) is 11.6 Å². The molecular weight excluding hydrogens is 156 g/mol. The van der Waals surface area contributed by atoms with Crippen LogP contribution in [-0.4, -0.2) is 12.1 Å². The minimum atomic E-state index is 0.390. The van der Waals surface area contributed by atoms with Gasteiger partial charge >= 0.3 is 0 Å². The first kappa shape index (κ1) is 9.12. The topological polar surface area (TPSA) is 57.4 Å². The quantitative estimate of drug-likeness (QED) is 0.669. The summed E-state index contributed by atoms with van der Waals surface area (Å²) in [4.78, 5) is 8.50. The lowest BCUT2D eigenvalue weighted by atomic mass is 10.1. The van der Waals surface area contributed by atoms with E-state index in [0.29, 0.717) is 13.2 Å². The van der Waals surface area contributed by atoms with Crippen LogP contribution in [0.2, 0.25) is 0 Å². The number of hydrogen-bond donors (Lipinski definition) is 1. The highest BCUT2D eigenvalue weighted by Gasteiger charge is 2.00. The summed E-state index contributed by atoms with van der Waals surface area (Å²) in [5.41, 5.74) is 2.01. The second kappa shape index (κ2) is 4.82. The maximum atomic E-state index is 4.98. The molecule has 0 spiro atoms. The van der Waals surface area contributed by atoms with Crippen molar-refractivity contribution in [1.82, 2.24) is 4.98 Å². The Labute approximate surface area is 71.3 Å². The van der Waals surface area contributed by atoms with Gasteiger partial charge in [0.05, 0.1) is 13.2 Å². The zero-order chi connectivity index (χ0) is 8.81. The largest absolute Gasteiger partial charge is 0.380 e. The Morgan fingerprint density at radius 1 is 1.42 bits per heavy atom. The summed E-state index contributed by atoms with van der Waals surface area (Å²) in [7, 11) is 1.64. The second-order valence-electron chi connectivity index (χ2n) is 2.39. The van der Waals surface area contributed by atoms with Crippen LogP contribution in [0.1, 0.15) is 11.1 Å². The van der Waals surface area contributed by atoms with Crippen molar-refractivity contribution in [1.29, 1.82) is 0 Å². The van der Waals surface area contributed by atoms with Gasteiger partial charge in [-0.25, -0.2) is 5.90 Å². The molecule has 0 unspecified atom stereocenters. The van der Waals surface area contributed by atoms with Crippen LogP contribution in [0.25, 0.3) is 0 Å². The first-order chi connectivity index (χ1) is 5.88. The van der Waals surface area contributed by atoms with Gasteiger partial charge in [-0.15, -0.1) is 0 Å². The summed E-state index contributed by atoms with van der Waals surface area (Å²) in [6.07, 6.45) is 3.45. The predicted molar refractivity (Wildman–Crippen MR) is 43.9 cm³/mol. The van der Waals surface area contributed by atoms with E-state index in [4.69, 9.17) is 10.6 Å². The smallest absolute Gasteiger partial charge is 0.0934 e. The van der Waals surface area contributed by atoms with E-state index in [0.717, 1.165) is 11.1 Å². The van der Waals surface area contributed by atoms with Crippen LogP contribution in [0.5, 0.6) is 0 Å². The molecule has 1 heterocycles. The fourth-order valence-electron chi connectivity index (χ4n) is 0.972. The number of methoxy groups -OCH3 is 1. The van der Waals surface area contributed by atoms with Gasteiger partial charge in [-0.2, -0.15) is 0 Å². The van der Waals surface area contributed by atoms with Crippen molar-refractivity contribution in [2.45, 2.75) is 13.2 Å². The third kappa shape index (κ3) is 2.27. The maximum absolute atomic E-state index is 4.98. The summed E-state index contributed by atoms with van der Waals surface area (Å²) in [5.74, 6) is 4.96. The molecule has 0 aliphatic rings. The van der Waals surface area contributed by atoms with E-state index in [9.17, 15) is 0 Å². The van der Waals surface area contributed by atoms with E-state index in [2.05, 4.69) is 9.82 Å². The molecule has 1 aromatic heterocycles. The van der Waals surface area contributed by atoms with E-state index in [-0.39, 0.29) is 0 Å². The molecule has 0 bridgehead atoms. The first-order valence-electron chi connectivity index (χ1n) is 3.61. The normalized spacial score (nSPS) is 10.2. The van der Waals surface area contributed by atoms with Gasteiger partial charge in [0.25, 0.3) is 0 Å². The lowest BCUT2D eigenvalue weighted by Crippen LogP contribution is -2.03. The lowest BCUT2D eigenvalue weighted by molar-refractivity contribution is 0.120. The number of pyridine rings is 1. The molecular formula is C8H12N2O2. The zero-order valence-electron chi connectivity index (χ0n) is 6.99. The van der Waals surface area contributed by atoms with Crippen LogP contribution in [-0.2, 0) is 22.8 Å². The third-order valence-corrected chi connectivity index (χ3v) is 1.54. The minimum absolute atomic E-state index is 0.390. The third-order valence-electron chi connectivity index (χ3n) is 1.54. The van der Waals surface area contributed by atoms with Gasteiger partial charge in [0, 0.05) is 25.1 Å². The average Bonchev–Trinajstić information content (AvgIpc) is 2.09. The number of ether oxygens (including phenoxy) is 1. The van der Waals surface area contributed by atoms with Crippen LogP contribution in [0.15, 0.2) is 18.5 Å². The Balaban J connectivity index is 2.77. The predicted octanol–water partition coefficient (Wildman–Crippen LogP) is 0.618. The Kier molecular flexibility index (Phi) is 3.66. The summed E-state index contributed by atoms with van der Waals surface area (Å²) < 4.78 is 4.98. The van der Waals surface area contributed by atoms with Crippen molar-refractivity contribution in [3.8, 4) is 0 Å². The molecule has 1 rings (SSSR count). The van der Waals surface area contributed by atoms with Gasteiger partial charge in [-0.1, -0.05) is 0 Å². The summed E-state index contributed by atoms with van der Waals surface area (Å²) in [6, 6.07) is 1.86. The Morgan fingerprint density at radius 3 is 2.92 bits per heavy atom. The highest BCUT2D eigenvalue weighted by Crippen LogP contribution is 2.08. The molecule has 0 saturated carbocycles. The Morgan fingerprint density at radius 2 is 2.25 bits per heavy atom. The number of aromatic nitrogens is 1. The lowest BCUT2D eigenvalue weighted by Gasteiger charge is -2.05. The zero-order valence-corrected chi connectivity index (χ0v) is 6.99. The van der Waals surface area contributed by atoms with E-state index in [1.807, 2.05) is 6.07 Å². The molecule has 0 aliphatic carbocycles.